The Bertz CT molecular complexity index is 872. The fourth-order valence-corrected chi connectivity index (χ4v) is 2.98. The highest BCUT2D eigenvalue weighted by molar-refractivity contribution is 6.42. The molecule has 0 N–H and O–H groups in total. The van der Waals surface area contributed by atoms with Gasteiger partial charge < -0.3 is 0 Å². The van der Waals surface area contributed by atoms with E-state index in [1.165, 1.54) is 0 Å². The van der Waals surface area contributed by atoms with E-state index in [4.69, 9.17) is 34.8 Å². The number of halogens is 3. The van der Waals surface area contributed by atoms with Crippen LogP contribution in [-0.2, 0) is 0 Å². The number of aryl methyl sites for hydroxylation is 1. The van der Waals surface area contributed by atoms with Crippen molar-refractivity contribution in [1.29, 1.82) is 0 Å². The average molecular weight is 454 g/mol. The van der Waals surface area contributed by atoms with Crippen LogP contribution in [0.5, 0.6) is 0 Å². The molecule has 0 heterocycles. The van der Waals surface area contributed by atoms with Crippen molar-refractivity contribution in [2.24, 2.45) is 0 Å². The van der Waals surface area contributed by atoms with E-state index >= 15 is 0 Å². The van der Waals surface area contributed by atoms with Gasteiger partial charge in [-0.15, -0.1) is 0 Å². The zero-order chi connectivity index (χ0) is 22.0. The normalized spacial score (nSPS) is 10.1. The summed E-state index contributed by atoms with van der Waals surface area (Å²) in [4.78, 5) is 23.4. The van der Waals surface area contributed by atoms with Crippen molar-refractivity contribution in [2.75, 3.05) is 0 Å². The molecule has 0 aliphatic heterocycles. The summed E-state index contributed by atoms with van der Waals surface area (Å²) in [6.07, 6.45) is 4.19. The van der Waals surface area contributed by atoms with Crippen LogP contribution in [0.15, 0.2) is 48.6 Å². The molecular formula is C24H27Cl3O2. The summed E-state index contributed by atoms with van der Waals surface area (Å²) in [5, 5.41) is 1.55. The van der Waals surface area contributed by atoms with Gasteiger partial charge in [-0.25, -0.2) is 0 Å². The van der Waals surface area contributed by atoms with Crippen molar-refractivity contribution in [2.45, 2.75) is 52.9 Å². The van der Waals surface area contributed by atoms with Gasteiger partial charge in [0.2, 0.25) is 0 Å². The van der Waals surface area contributed by atoms with Crippen LogP contribution in [0.4, 0.5) is 0 Å². The van der Waals surface area contributed by atoms with Crippen LogP contribution in [0.2, 0.25) is 15.1 Å². The van der Waals surface area contributed by atoms with Crippen LogP contribution in [0.1, 0.15) is 72.2 Å². The highest BCUT2D eigenvalue weighted by Crippen LogP contribution is 2.23. The van der Waals surface area contributed by atoms with Crippen LogP contribution in [0, 0.1) is 6.92 Å². The Balaban J connectivity index is 0.000000291. The van der Waals surface area contributed by atoms with E-state index in [1.807, 2.05) is 19.9 Å². The standard InChI is InChI=1S/C13H15ClO.C11H12Cl2O/c1-4-5-10(3)13(15)11-7-6-9(2)12(14)8-11;1-2-3-4-11(14)8-5-6-9(12)10(13)7-8/h6-8H,3-5H2,1-2H3;5-7H,2-4H2,1H3. The van der Waals surface area contributed by atoms with Gasteiger partial charge in [0, 0.05) is 22.6 Å². The summed E-state index contributed by atoms with van der Waals surface area (Å²) < 4.78 is 0. The van der Waals surface area contributed by atoms with Crippen molar-refractivity contribution in [1.82, 2.24) is 0 Å². The highest BCUT2D eigenvalue weighted by Gasteiger charge is 2.10. The van der Waals surface area contributed by atoms with Crippen molar-refractivity contribution < 1.29 is 9.59 Å². The summed E-state index contributed by atoms with van der Waals surface area (Å²) in [6.45, 7) is 9.78. The molecule has 0 aromatic heterocycles. The van der Waals surface area contributed by atoms with Crippen molar-refractivity contribution >= 4 is 46.4 Å². The molecule has 156 valence electrons. The Hall–Kier alpha value is -1.61. The molecular weight excluding hydrogens is 427 g/mol. The molecule has 2 aromatic rings. The number of ketones is 2. The average Bonchev–Trinajstić information content (AvgIpc) is 2.70. The summed E-state index contributed by atoms with van der Waals surface area (Å²) in [6, 6.07) is 10.4. The first-order chi connectivity index (χ1) is 13.7. The topological polar surface area (TPSA) is 34.1 Å². The lowest BCUT2D eigenvalue weighted by Gasteiger charge is -2.05. The molecule has 2 aromatic carbocycles. The summed E-state index contributed by atoms with van der Waals surface area (Å²) in [5.41, 5.74) is 2.91. The predicted molar refractivity (Wildman–Crippen MR) is 125 cm³/mol. The van der Waals surface area contributed by atoms with Crippen LogP contribution in [0.3, 0.4) is 0 Å². The van der Waals surface area contributed by atoms with Crippen molar-refractivity contribution in [3.8, 4) is 0 Å². The number of allylic oxidation sites excluding steroid dienone is 1. The molecule has 2 rings (SSSR count). The van der Waals surface area contributed by atoms with Crippen molar-refractivity contribution in [3.63, 3.8) is 0 Å². The number of rotatable bonds is 8. The Morgan fingerprint density at radius 3 is 2.00 bits per heavy atom. The quantitative estimate of drug-likeness (QED) is 0.296. The molecule has 0 saturated heterocycles. The lowest BCUT2D eigenvalue weighted by Crippen LogP contribution is -2.02. The summed E-state index contributed by atoms with van der Waals surface area (Å²) in [7, 11) is 0. The van der Waals surface area contributed by atoms with Crippen molar-refractivity contribution in [3.05, 3.63) is 80.3 Å². The summed E-state index contributed by atoms with van der Waals surface area (Å²) in [5.74, 6) is 0.129. The van der Waals surface area contributed by atoms with E-state index in [0.29, 0.717) is 38.2 Å². The molecule has 0 spiro atoms. The number of carbonyl (C=O) groups excluding carboxylic acids is 2. The van der Waals surface area contributed by atoms with E-state index in [1.54, 1.807) is 30.3 Å². The van der Waals surface area contributed by atoms with E-state index in [9.17, 15) is 9.59 Å². The van der Waals surface area contributed by atoms with Gasteiger partial charge in [0.25, 0.3) is 0 Å². The van der Waals surface area contributed by atoms with Gasteiger partial charge >= 0.3 is 0 Å². The lowest BCUT2D eigenvalue weighted by atomic mass is 10.0. The molecule has 0 aliphatic carbocycles. The second kappa shape index (κ2) is 12.8. The first kappa shape index (κ1) is 25.4. The molecule has 2 nitrogen and oxygen atoms in total. The minimum absolute atomic E-state index is 0.00116. The maximum absolute atomic E-state index is 11.8. The molecule has 29 heavy (non-hydrogen) atoms. The molecule has 0 saturated carbocycles. The minimum Gasteiger partial charge on any atom is -0.294 e. The number of benzene rings is 2. The Morgan fingerprint density at radius 1 is 0.828 bits per heavy atom. The van der Waals surface area contributed by atoms with Gasteiger partial charge in [0.05, 0.1) is 10.0 Å². The van der Waals surface area contributed by atoms with Gasteiger partial charge in [-0.05, 0) is 55.2 Å². The van der Waals surface area contributed by atoms with Crippen LogP contribution < -0.4 is 0 Å². The third kappa shape index (κ3) is 8.34. The van der Waals surface area contributed by atoms with E-state index < -0.39 is 0 Å². The SMILES string of the molecule is C=C(CCC)C(=O)c1ccc(C)c(Cl)c1.CCCCC(=O)c1ccc(Cl)c(Cl)c1. The molecule has 0 aliphatic rings. The fraction of sp³-hybridized carbons (Fsp3) is 0.333. The van der Waals surface area contributed by atoms with Gasteiger partial charge in [-0.1, -0.05) is 80.2 Å². The van der Waals surface area contributed by atoms with Crippen LogP contribution in [0.25, 0.3) is 0 Å². The Labute approximate surface area is 188 Å². The smallest absolute Gasteiger partial charge is 0.188 e. The largest absolute Gasteiger partial charge is 0.294 e. The van der Waals surface area contributed by atoms with Gasteiger partial charge in [-0.3, -0.25) is 9.59 Å². The Kier molecular flexibility index (Phi) is 11.3. The fourth-order valence-electron chi connectivity index (χ4n) is 2.50. The minimum atomic E-state index is -0.00116. The van der Waals surface area contributed by atoms with E-state index in [-0.39, 0.29) is 11.6 Å². The van der Waals surface area contributed by atoms with Gasteiger partial charge in [0.1, 0.15) is 0 Å². The predicted octanol–water partition coefficient (Wildman–Crippen LogP) is 8.55. The number of hydrogen-bond acceptors (Lipinski definition) is 2. The second-order valence-electron chi connectivity index (χ2n) is 6.80. The summed E-state index contributed by atoms with van der Waals surface area (Å²) >= 11 is 17.5. The lowest BCUT2D eigenvalue weighted by molar-refractivity contribution is 0.0978. The Morgan fingerprint density at radius 2 is 1.45 bits per heavy atom. The number of carbonyl (C=O) groups is 2. The molecule has 0 amide bonds. The molecule has 0 atom stereocenters. The van der Waals surface area contributed by atoms with E-state index in [2.05, 4.69) is 13.5 Å². The third-order valence-corrected chi connectivity index (χ3v) is 5.45. The maximum atomic E-state index is 11.8. The maximum Gasteiger partial charge on any atom is 0.188 e. The molecule has 0 bridgehead atoms. The zero-order valence-electron chi connectivity index (χ0n) is 17.2. The molecule has 5 heteroatoms. The van der Waals surface area contributed by atoms with Gasteiger partial charge in [-0.2, -0.15) is 0 Å². The first-order valence-electron chi connectivity index (χ1n) is 9.68. The zero-order valence-corrected chi connectivity index (χ0v) is 19.4. The second-order valence-corrected chi connectivity index (χ2v) is 8.02. The van der Waals surface area contributed by atoms with Crippen LogP contribution in [-0.4, -0.2) is 11.6 Å². The number of hydrogen-bond donors (Lipinski definition) is 0. The molecule has 0 fully saturated rings. The third-order valence-electron chi connectivity index (χ3n) is 4.31. The monoisotopic (exact) mass is 452 g/mol. The molecule has 0 unspecified atom stereocenters. The number of Topliss-reactive ketones (excluding diaryl/α,β-unsaturated/α-hetero) is 2. The van der Waals surface area contributed by atoms with Crippen LogP contribution >= 0.6 is 34.8 Å². The van der Waals surface area contributed by atoms with Gasteiger partial charge in [0.15, 0.2) is 11.6 Å². The first-order valence-corrected chi connectivity index (χ1v) is 10.8. The highest BCUT2D eigenvalue weighted by atomic mass is 35.5. The van der Waals surface area contributed by atoms with E-state index in [0.717, 1.165) is 31.2 Å². The molecule has 0 radical (unpaired) electrons. The number of unbranched alkanes of at least 4 members (excludes halogenated alkanes) is 1.